The maximum atomic E-state index is 13.6. The quantitative estimate of drug-likeness (QED) is 0.671. The Morgan fingerprint density at radius 2 is 1.76 bits per heavy atom. The van der Waals surface area contributed by atoms with E-state index in [4.69, 9.17) is 0 Å². The van der Waals surface area contributed by atoms with Gasteiger partial charge in [0.05, 0.1) is 23.6 Å². The van der Waals surface area contributed by atoms with Crippen molar-refractivity contribution in [3.05, 3.63) is 60.2 Å². The van der Waals surface area contributed by atoms with Gasteiger partial charge >= 0.3 is 6.18 Å². The van der Waals surface area contributed by atoms with Gasteiger partial charge in [0.15, 0.2) is 5.82 Å². The lowest BCUT2D eigenvalue weighted by Crippen LogP contribution is -2.22. The Hall–Kier alpha value is -3.07. The van der Waals surface area contributed by atoms with Gasteiger partial charge in [-0.05, 0) is 24.6 Å². The first-order valence-corrected chi connectivity index (χ1v) is 8.90. The van der Waals surface area contributed by atoms with Gasteiger partial charge in [-0.3, -0.25) is 4.98 Å². The maximum Gasteiger partial charge on any atom is 0.416 e. The zero-order valence-electron chi connectivity index (χ0n) is 15.1. The number of rotatable bonds is 3. The molecule has 0 radical (unpaired) electrons. The highest BCUT2D eigenvalue weighted by Crippen LogP contribution is 2.32. The van der Waals surface area contributed by atoms with Crippen LogP contribution >= 0.6 is 0 Å². The zero-order valence-corrected chi connectivity index (χ0v) is 15.1. The number of alkyl halides is 3. The van der Waals surface area contributed by atoms with Gasteiger partial charge in [0, 0.05) is 36.5 Å². The molecular formula is C20H16F4N4O. The van der Waals surface area contributed by atoms with Crippen molar-refractivity contribution in [3.8, 4) is 22.6 Å². The first-order chi connectivity index (χ1) is 13.8. The minimum Gasteiger partial charge on any atom is -0.391 e. The number of hydrogen-bond donors (Lipinski definition) is 1. The molecule has 1 saturated heterocycles. The number of nitrogens with zero attached hydrogens (tertiary/aromatic N) is 4. The minimum absolute atomic E-state index is 0.200. The van der Waals surface area contributed by atoms with Gasteiger partial charge in [0.2, 0.25) is 0 Å². The van der Waals surface area contributed by atoms with E-state index in [1.165, 1.54) is 24.4 Å². The minimum atomic E-state index is -4.43. The van der Waals surface area contributed by atoms with E-state index in [1.54, 1.807) is 6.07 Å². The van der Waals surface area contributed by atoms with E-state index < -0.39 is 23.7 Å². The Morgan fingerprint density at radius 1 is 1.00 bits per heavy atom. The van der Waals surface area contributed by atoms with E-state index in [0.717, 1.165) is 18.3 Å². The molecule has 0 unspecified atom stereocenters. The van der Waals surface area contributed by atoms with Crippen LogP contribution in [0.15, 0.2) is 48.8 Å². The van der Waals surface area contributed by atoms with E-state index in [-0.39, 0.29) is 5.82 Å². The van der Waals surface area contributed by atoms with Crippen molar-refractivity contribution in [1.82, 2.24) is 15.0 Å². The highest BCUT2D eigenvalue weighted by molar-refractivity contribution is 5.68. The molecule has 0 spiro atoms. The molecule has 1 fully saturated rings. The molecule has 5 nitrogen and oxygen atoms in total. The van der Waals surface area contributed by atoms with Crippen molar-refractivity contribution >= 4 is 5.82 Å². The molecule has 0 aliphatic carbocycles. The van der Waals surface area contributed by atoms with Crippen molar-refractivity contribution in [2.75, 3.05) is 18.0 Å². The van der Waals surface area contributed by atoms with Gasteiger partial charge in [-0.25, -0.2) is 14.4 Å². The summed E-state index contributed by atoms with van der Waals surface area (Å²) in [7, 11) is 0. The largest absolute Gasteiger partial charge is 0.416 e. The van der Waals surface area contributed by atoms with Crippen molar-refractivity contribution in [2.24, 2.45) is 0 Å². The number of hydrogen-bond acceptors (Lipinski definition) is 5. The lowest BCUT2D eigenvalue weighted by atomic mass is 10.1. The summed E-state index contributed by atoms with van der Waals surface area (Å²) in [6, 6.07) is 7.53. The van der Waals surface area contributed by atoms with Crippen molar-refractivity contribution in [3.63, 3.8) is 0 Å². The summed E-state index contributed by atoms with van der Waals surface area (Å²) in [5, 5.41) is 9.83. The lowest BCUT2D eigenvalue weighted by Gasteiger charge is -2.18. The number of β-amino-alcohol motifs (C(OH)–C–C–N with tert-alkyl or cyclic N) is 1. The van der Waals surface area contributed by atoms with E-state index in [2.05, 4.69) is 15.0 Å². The van der Waals surface area contributed by atoms with Crippen LogP contribution in [0.25, 0.3) is 22.6 Å². The fraction of sp³-hybridized carbons (Fsp3) is 0.250. The van der Waals surface area contributed by atoms with Crippen LogP contribution in [0.2, 0.25) is 0 Å². The van der Waals surface area contributed by atoms with E-state index in [9.17, 15) is 22.7 Å². The van der Waals surface area contributed by atoms with Crippen LogP contribution in [-0.4, -0.2) is 39.3 Å². The highest BCUT2D eigenvalue weighted by atomic mass is 19.4. The van der Waals surface area contributed by atoms with Crippen LogP contribution in [0, 0.1) is 5.82 Å². The van der Waals surface area contributed by atoms with E-state index in [0.29, 0.717) is 42.1 Å². The molecule has 150 valence electrons. The van der Waals surface area contributed by atoms with E-state index >= 15 is 0 Å². The average Bonchev–Trinajstić information content (AvgIpc) is 3.13. The Balaban J connectivity index is 1.79. The Morgan fingerprint density at radius 3 is 2.38 bits per heavy atom. The first-order valence-electron chi connectivity index (χ1n) is 8.90. The summed E-state index contributed by atoms with van der Waals surface area (Å²) in [5.74, 6) is 0.153. The molecule has 0 amide bonds. The summed E-state index contributed by atoms with van der Waals surface area (Å²) in [6.07, 6.45) is -1.87. The fourth-order valence-corrected chi connectivity index (χ4v) is 3.19. The standard InChI is InChI=1S/C20H16F4N4O/c21-15-7-13(9-25-10-15)19-26-17(8-18(27-19)28-6-5-16(29)11-28)12-1-3-14(4-2-12)20(22,23)24/h1-4,7-10,16,29H,5-6,11H2/t16-/m0/s1. The third-order valence-corrected chi connectivity index (χ3v) is 4.67. The number of aromatic nitrogens is 3. The van der Waals surface area contributed by atoms with Crippen LogP contribution in [-0.2, 0) is 6.18 Å². The molecule has 0 bridgehead atoms. The summed E-state index contributed by atoms with van der Waals surface area (Å²) in [6.45, 7) is 0.954. The van der Waals surface area contributed by atoms with Crippen LogP contribution in [0.1, 0.15) is 12.0 Å². The Labute approximate surface area is 163 Å². The molecule has 0 saturated carbocycles. The second-order valence-electron chi connectivity index (χ2n) is 6.79. The molecule has 1 atom stereocenters. The molecule has 1 aromatic carbocycles. The molecule has 2 aromatic heterocycles. The van der Waals surface area contributed by atoms with Crippen LogP contribution < -0.4 is 4.90 Å². The number of anilines is 1. The Kier molecular flexibility index (Phi) is 4.91. The molecule has 1 N–H and O–H groups in total. The van der Waals surface area contributed by atoms with Crippen molar-refractivity contribution < 1.29 is 22.7 Å². The molecular weight excluding hydrogens is 388 g/mol. The van der Waals surface area contributed by atoms with Crippen LogP contribution in [0.3, 0.4) is 0 Å². The Bertz CT molecular complexity index is 1020. The normalized spacial score (nSPS) is 17.0. The number of pyridine rings is 1. The van der Waals surface area contributed by atoms with Gasteiger partial charge in [0.1, 0.15) is 11.6 Å². The molecule has 3 aromatic rings. The SMILES string of the molecule is O[C@H]1CCN(c2cc(-c3ccc(C(F)(F)F)cc3)nc(-c3cncc(F)c3)n2)C1. The second-order valence-corrected chi connectivity index (χ2v) is 6.79. The van der Waals surface area contributed by atoms with Crippen LogP contribution in [0.5, 0.6) is 0 Å². The van der Waals surface area contributed by atoms with Gasteiger partial charge in [-0.2, -0.15) is 13.2 Å². The number of aliphatic hydroxyl groups is 1. The van der Waals surface area contributed by atoms with Gasteiger partial charge in [0.25, 0.3) is 0 Å². The monoisotopic (exact) mass is 404 g/mol. The first kappa shape index (κ1) is 19.3. The number of aliphatic hydroxyl groups excluding tert-OH is 1. The molecule has 1 aliphatic heterocycles. The lowest BCUT2D eigenvalue weighted by molar-refractivity contribution is -0.137. The number of halogens is 4. The van der Waals surface area contributed by atoms with Crippen molar-refractivity contribution in [1.29, 1.82) is 0 Å². The fourth-order valence-electron chi connectivity index (χ4n) is 3.19. The zero-order chi connectivity index (χ0) is 20.6. The summed E-state index contributed by atoms with van der Waals surface area (Å²) < 4.78 is 52.2. The third-order valence-electron chi connectivity index (χ3n) is 4.67. The summed E-state index contributed by atoms with van der Waals surface area (Å²) in [5.41, 5.74) is 0.448. The second kappa shape index (κ2) is 7.40. The smallest absolute Gasteiger partial charge is 0.391 e. The predicted molar refractivity (Wildman–Crippen MR) is 98.5 cm³/mol. The maximum absolute atomic E-state index is 13.6. The molecule has 3 heterocycles. The number of benzene rings is 1. The summed E-state index contributed by atoms with van der Waals surface area (Å²) in [4.78, 5) is 14.5. The van der Waals surface area contributed by atoms with Gasteiger partial charge < -0.3 is 10.0 Å². The van der Waals surface area contributed by atoms with Crippen LogP contribution in [0.4, 0.5) is 23.4 Å². The molecule has 4 rings (SSSR count). The van der Waals surface area contributed by atoms with Gasteiger partial charge in [-0.1, -0.05) is 12.1 Å². The molecule has 1 aliphatic rings. The van der Waals surface area contributed by atoms with Crippen molar-refractivity contribution in [2.45, 2.75) is 18.7 Å². The average molecular weight is 404 g/mol. The topological polar surface area (TPSA) is 62.1 Å². The third kappa shape index (κ3) is 4.19. The molecule has 29 heavy (non-hydrogen) atoms. The van der Waals surface area contributed by atoms with Gasteiger partial charge in [-0.15, -0.1) is 0 Å². The molecule has 9 heteroatoms. The highest BCUT2D eigenvalue weighted by Gasteiger charge is 2.30. The predicted octanol–water partition coefficient (Wildman–Crippen LogP) is 3.93. The van der Waals surface area contributed by atoms with E-state index in [1.807, 2.05) is 4.90 Å². The summed E-state index contributed by atoms with van der Waals surface area (Å²) >= 11 is 0.